The van der Waals surface area contributed by atoms with Crippen LogP contribution >= 0.6 is 0 Å². The third-order valence-corrected chi connectivity index (χ3v) is 5.02. The lowest BCUT2D eigenvalue weighted by atomic mass is 9.90. The zero-order valence-electron chi connectivity index (χ0n) is 14.9. The van der Waals surface area contributed by atoms with Gasteiger partial charge in [-0.3, -0.25) is 9.48 Å². The molecule has 3 heterocycles. The van der Waals surface area contributed by atoms with Gasteiger partial charge < -0.3 is 19.5 Å². The first-order chi connectivity index (χ1) is 11.4. The number of methoxy groups -OCH3 is 1. The third-order valence-electron chi connectivity index (χ3n) is 5.02. The second-order valence-electron chi connectivity index (χ2n) is 6.96. The number of nitrogens with zero attached hydrogens (tertiary/aromatic N) is 3. The number of carbonyl (C=O) groups is 1. The van der Waals surface area contributed by atoms with Gasteiger partial charge in [-0.25, -0.2) is 0 Å². The van der Waals surface area contributed by atoms with Gasteiger partial charge in [-0.15, -0.1) is 0 Å². The summed E-state index contributed by atoms with van der Waals surface area (Å²) in [5.74, 6) is -0.0562. The fourth-order valence-electron chi connectivity index (χ4n) is 3.55. The van der Waals surface area contributed by atoms with Gasteiger partial charge in [0, 0.05) is 19.1 Å². The van der Waals surface area contributed by atoms with Crippen molar-refractivity contribution in [1.29, 1.82) is 0 Å². The number of carbonyl (C=O) groups excluding carboxylic acids is 1. The van der Waals surface area contributed by atoms with Crippen molar-refractivity contribution in [3.05, 3.63) is 17.0 Å². The number of aliphatic hydroxyl groups is 1. The minimum atomic E-state index is -0.739. The van der Waals surface area contributed by atoms with E-state index in [4.69, 9.17) is 9.47 Å². The predicted molar refractivity (Wildman–Crippen MR) is 87.9 cm³/mol. The highest BCUT2D eigenvalue weighted by atomic mass is 16.5. The van der Waals surface area contributed by atoms with Gasteiger partial charge in [0.1, 0.15) is 5.69 Å². The van der Waals surface area contributed by atoms with E-state index in [2.05, 4.69) is 5.10 Å². The summed E-state index contributed by atoms with van der Waals surface area (Å²) in [6, 6.07) is 0. The van der Waals surface area contributed by atoms with Gasteiger partial charge >= 0.3 is 0 Å². The molecule has 0 aliphatic carbocycles. The van der Waals surface area contributed by atoms with Crippen molar-refractivity contribution in [3.8, 4) is 0 Å². The largest absolute Gasteiger partial charge is 0.386 e. The minimum absolute atomic E-state index is 0.0562. The highest BCUT2D eigenvalue weighted by Gasteiger charge is 2.44. The van der Waals surface area contributed by atoms with Crippen LogP contribution < -0.4 is 0 Å². The van der Waals surface area contributed by atoms with Crippen molar-refractivity contribution in [3.63, 3.8) is 0 Å². The summed E-state index contributed by atoms with van der Waals surface area (Å²) in [6.45, 7) is 7.70. The van der Waals surface area contributed by atoms with E-state index < -0.39 is 5.60 Å². The summed E-state index contributed by atoms with van der Waals surface area (Å²) in [6.07, 6.45) is 1.27. The number of fused-ring (bicyclic) bond motifs is 1. The van der Waals surface area contributed by atoms with Crippen LogP contribution in [-0.4, -0.2) is 64.2 Å². The fraction of sp³-hybridized carbons (Fsp3) is 0.765. The lowest BCUT2D eigenvalue weighted by Gasteiger charge is -2.46. The zero-order valence-corrected chi connectivity index (χ0v) is 14.9. The van der Waals surface area contributed by atoms with Gasteiger partial charge in [0.15, 0.2) is 0 Å². The molecule has 1 aromatic rings. The second kappa shape index (κ2) is 6.46. The Kier molecular flexibility index (Phi) is 4.68. The molecule has 1 N–H and O–H groups in total. The molecule has 0 bridgehead atoms. The van der Waals surface area contributed by atoms with Gasteiger partial charge in [-0.2, -0.15) is 5.10 Å². The number of ether oxygens (including phenoxy) is 2. The molecule has 1 amide bonds. The molecule has 0 saturated carbocycles. The van der Waals surface area contributed by atoms with Gasteiger partial charge in [-0.05, 0) is 20.3 Å². The van der Waals surface area contributed by atoms with E-state index in [0.29, 0.717) is 44.8 Å². The Morgan fingerprint density at radius 1 is 1.46 bits per heavy atom. The molecule has 1 saturated heterocycles. The molecule has 0 unspecified atom stereocenters. The highest BCUT2D eigenvalue weighted by molar-refractivity contribution is 5.95. The number of hydrogen-bond acceptors (Lipinski definition) is 5. The monoisotopic (exact) mass is 337 g/mol. The predicted octanol–water partition coefficient (Wildman–Crippen LogP) is 1.15. The first-order valence-electron chi connectivity index (χ1n) is 8.64. The van der Waals surface area contributed by atoms with E-state index in [1.54, 1.807) is 16.7 Å². The Morgan fingerprint density at radius 3 is 2.79 bits per heavy atom. The van der Waals surface area contributed by atoms with Gasteiger partial charge in [0.2, 0.25) is 0 Å². The highest BCUT2D eigenvalue weighted by Crippen LogP contribution is 2.34. The summed E-state index contributed by atoms with van der Waals surface area (Å²) >= 11 is 0. The summed E-state index contributed by atoms with van der Waals surface area (Å²) < 4.78 is 12.7. The van der Waals surface area contributed by atoms with Crippen LogP contribution in [0.5, 0.6) is 0 Å². The topological polar surface area (TPSA) is 76.8 Å². The first-order valence-corrected chi connectivity index (χ1v) is 8.64. The fourth-order valence-corrected chi connectivity index (χ4v) is 3.55. The molecular weight excluding hydrogens is 310 g/mol. The number of β-amino-alcohol motifs (C(OH)–C–C–N with tert-alkyl or cyclic N) is 1. The molecule has 0 aromatic carbocycles. The van der Waals surface area contributed by atoms with Crippen LogP contribution in [0.3, 0.4) is 0 Å². The number of rotatable bonds is 5. The van der Waals surface area contributed by atoms with Crippen LogP contribution in [-0.2, 0) is 22.4 Å². The van der Waals surface area contributed by atoms with Crippen molar-refractivity contribution in [2.45, 2.75) is 58.0 Å². The first kappa shape index (κ1) is 17.4. The van der Waals surface area contributed by atoms with Crippen LogP contribution in [0.15, 0.2) is 0 Å². The van der Waals surface area contributed by atoms with E-state index in [0.717, 1.165) is 11.3 Å². The molecule has 0 spiro atoms. The summed E-state index contributed by atoms with van der Waals surface area (Å²) in [5.41, 5.74) is 1.71. The standard InChI is InChI=1S/C17H27N3O4/c1-5-17(22)9-19(10-17)16(21)15-13-8-11(2)24-12(3)14(13)18-20(15)6-7-23-4/h11-12,22H,5-10H2,1-4H3/t11-,12+/m1/s1. The maximum Gasteiger partial charge on any atom is 0.272 e. The Labute approximate surface area is 142 Å². The summed E-state index contributed by atoms with van der Waals surface area (Å²) in [4.78, 5) is 14.7. The average Bonchev–Trinajstić information content (AvgIpc) is 2.87. The Morgan fingerprint density at radius 2 is 2.17 bits per heavy atom. The van der Waals surface area contributed by atoms with Crippen LogP contribution in [0, 0.1) is 0 Å². The lowest BCUT2D eigenvalue weighted by Crippen LogP contribution is -2.63. The average molecular weight is 337 g/mol. The second-order valence-corrected chi connectivity index (χ2v) is 6.96. The van der Waals surface area contributed by atoms with Crippen molar-refractivity contribution >= 4 is 5.91 Å². The van der Waals surface area contributed by atoms with E-state index in [1.165, 1.54) is 0 Å². The molecule has 2 aliphatic heterocycles. The molecule has 3 rings (SSSR count). The summed E-state index contributed by atoms with van der Waals surface area (Å²) in [5, 5.41) is 14.8. The normalized spacial score (nSPS) is 25.3. The Balaban J connectivity index is 1.91. The molecule has 24 heavy (non-hydrogen) atoms. The molecular formula is C17H27N3O4. The van der Waals surface area contributed by atoms with Crippen LogP contribution in [0.25, 0.3) is 0 Å². The molecule has 7 heteroatoms. The molecule has 2 atom stereocenters. The Hall–Kier alpha value is -1.44. The molecule has 1 fully saturated rings. The summed E-state index contributed by atoms with van der Waals surface area (Å²) in [7, 11) is 1.63. The SMILES string of the molecule is CCC1(O)CN(C(=O)c2c3c(nn2CCOC)[C@H](C)O[C@H](C)C3)C1. The molecule has 7 nitrogen and oxygen atoms in total. The van der Waals surface area contributed by atoms with Gasteiger partial charge in [-0.1, -0.05) is 6.92 Å². The van der Waals surface area contributed by atoms with Crippen molar-refractivity contribution in [2.24, 2.45) is 0 Å². The van der Waals surface area contributed by atoms with Crippen molar-refractivity contribution < 1.29 is 19.4 Å². The third kappa shape index (κ3) is 2.96. The van der Waals surface area contributed by atoms with Gasteiger partial charge in [0.25, 0.3) is 5.91 Å². The van der Waals surface area contributed by atoms with Crippen molar-refractivity contribution in [2.75, 3.05) is 26.8 Å². The smallest absolute Gasteiger partial charge is 0.272 e. The minimum Gasteiger partial charge on any atom is -0.386 e. The number of hydrogen-bond donors (Lipinski definition) is 1. The molecule has 134 valence electrons. The van der Waals surface area contributed by atoms with Gasteiger partial charge in [0.05, 0.1) is 49.7 Å². The maximum absolute atomic E-state index is 13.0. The van der Waals surface area contributed by atoms with Crippen LogP contribution in [0.4, 0.5) is 0 Å². The number of amides is 1. The van der Waals surface area contributed by atoms with E-state index in [9.17, 15) is 9.90 Å². The lowest BCUT2D eigenvalue weighted by molar-refractivity contribution is -0.0831. The van der Waals surface area contributed by atoms with Crippen LogP contribution in [0.2, 0.25) is 0 Å². The number of aromatic nitrogens is 2. The zero-order chi connectivity index (χ0) is 17.5. The van der Waals surface area contributed by atoms with E-state index >= 15 is 0 Å². The van der Waals surface area contributed by atoms with Crippen molar-refractivity contribution in [1.82, 2.24) is 14.7 Å². The Bertz CT molecular complexity index is 622. The number of likely N-dealkylation sites (tertiary alicyclic amines) is 1. The molecule has 0 radical (unpaired) electrons. The molecule has 1 aromatic heterocycles. The quantitative estimate of drug-likeness (QED) is 0.872. The maximum atomic E-state index is 13.0. The van der Waals surface area contributed by atoms with Crippen LogP contribution in [0.1, 0.15) is 55.0 Å². The molecule has 2 aliphatic rings. The van der Waals surface area contributed by atoms with E-state index in [1.807, 2.05) is 20.8 Å². The van der Waals surface area contributed by atoms with E-state index in [-0.39, 0.29) is 18.1 Å².